The van der Waals surface area contributed by atoms with Crippen molar-refractivity contribution in [3.05, 3.63) is 42.5 Å². The maximum atomic E-state index is 12.5. The highest BCUT2D eigenvalue weighted by atomic mass is 19.4. The summed E-state index contributed by atoms with van der Waals surface area (Å²) in [6, 6.07) is 4.94. The lowest BCUT2D eigenvalue weighted by Crippen LogP contribution is -2.23. The Morgan fingerprint density at radius 3 is 2.11 bits per heavy atom. The van der Waals surface area contributed by atoms with Gasteiger partial charge in [0.25, 0.3) is 5.91 Å². The number of halogens is 3. The number of carbonyl (C=O) groups excluding carboxylic acids is 1. The fourth-order valence-electron chi connectivity index (χ4n) is 1.40. The molecule has 6 heteroatoms. The second kappa shape index (κ2) is 5.39. The van der Waals surface area contributed by atoms with Gasteiger partial charge in [0.1, 0.15) is 7.11 Å². The van der Waals surface area contributed by atoms with Crippen LogP contribution in [-0.2, 0) is 4.74 Å². The third-order valence-electron chi connectivity index (χ3n) is 2.30. The summed E-state index contributed by atoms with van der Waals surface area (Å²) in [6.45, 7) is 0. The quantitative estimate of drug-likeness (QED) is 0.835. The number of rotatable bonds is 3. The molecule has 0 aliphatic rings. The fraction of sp³-hybridized carbons (Fsp3) is 0.333. The van der Waals surface area contributed by atoms with Gasteiger partial charge in [-0.05, 0) is 17.7 Å². The van der Waals surface area contributed by atoms with Crippen molar-refractivity contribution >= 4 is 5.91 Å². The van der Waals surface area contributed by atoms with E-state index in [2.05, 4.69) is 11.8 Å². The maximum Gasteiger partial charge on any atom is 0.418 e. The molecule has 1 unspecified atom stereocenters. The molecule has 98 valence electrons. The van der Waals surface area contributed by atoms with Crippen molar-refractivity contribution in [2.24, 2.45) is 0 Å². The zero-order chi connectivity index (χ0) is 13.9. The van der Waals surface area contributed by atoms with E-state index in [9.17, 15) is 18.0 Å². The van der Waals surface area contributed by atoms with Crippen molar-refractivity contribution in [3.8, 4) is 0 Å². The van der Waals surface area contributed by atoms with Gasteiger partial charge >= 0.3 is 6.18 Å². The lowest BCUT2D eigenvalue weighted by atomic mass is 10.1. The molecule has 0 heterocycles. The van der Waals surface area contributed by atoms with Crippen LogP contribution in [0.1, 0.15) is 22.0 Å². The zero-order valence-corrected chi connectivity index (χ0v) is 9.86. The molecule has 0 aromatic heterocycles. The van der Waals surface area contributed by atoms with Gasteiger partial charge in [0.2, 0.25) is 0 Å². The fourth-order valence-corrected chi connectivity index (χ4v) is 1.40. The Morgan fingerprint density at radius 1 is 1.28 bits per heavy atom. The van der Waals surface area contributed by atoms with Crippen LogP contribution in [0.15, 0.2) is 24.3 Å². The molecule has 2 radical (unpaired) electrons. The number of benzene rings is 1. The second-order valence-corrected chi connectivity index (χ2v) is 3.88. The van der Waals surface area contributed by atoms with Gasteiger partial charge in [-0.1, -0.05) is 12.1 Å². The number of ether oxygens (including phenoxy) is 1. The Kier molecular flexibility index (Phi) is 4.34. The number of amides is 1. The van der Waals surface area contributed by atoms with Gasteiger partial charge in [-0.15, -0.1) is 0 Å². The van der Waals surface area contributed by atoms with Crippen LogP contribution in [0.25, 0.3) is 0 Å². The van der Waals surface area contributed by atoms with Crippen LogP contribution in [0.5, 0.6) is 0 Å². The van der Waals surface area contributed by atoms with Crippen molar-refractivity contribution in [2.75, 3.05) is 14.1 Å². The minimum atomic E-state index is -4.60. The molecule has 0 aliphatic heterocycles. The maximum absolute atomic E-state index is 12.5. The first-order valence-electron chi connectivity index (χ1n) is 5.01. The van der Waals surface area contributed by atoms with Crippen LogP contribution in [-0.4, -0.2) is 31.1 Å². The molecule has 3 nitrogen and oxygen atoms in total. The lowest BCUT2D eigenvalue weighted by Gasteiger charge is -2.19. The average molecular weight is 259 g/mol. The first-order chi connectivity index (χ1) is 8.27. The molecule has 0 N–H and O–H groups in total. The molecular formula is C12H12F3NO2. The first-order valence-corrected chi connectivity index (χ1v) is 5.01. The molecule has 1 aromatic rings. The van der Waals surface area contributed by atoms with E-state index in [0.29, 0.717) is 5.56 Å². The summed E-state index contributed by atoms with van der Waals surface area (Å²) in [4.78, 5) is 12.9. The van der Waals surface area contributed by atoms with Gasteiger partial charge in [0, 0.05) is 19.7 Å². The monoisotopic (exact) mass is 259 g/mol. The molecule has 1 amide bonds. The van der Waals surface area contributed by atoms with E-state index < -0.39 is 12.3 Å². The summed E-state index contributed by atoms with van der Waals surface area (Å²) in [5, 5.41) is 0. The minimum absolute atomic E-state index is 0.152. The van der Waals surface area contributed by atoms with Crippen LogP contribution in [0.2, 0.25) is 0 Å². The highest BCUT2D eigenvalue weighted by Crippen LogP contribution is 2.35. The SMILES string of the molecule is [CH]OC(c1ccc(C(=O)N(C)C)cc1)C(F)(F)F. The molecule has 0 fully saturated rings. The van der Waals surface area contributed by atoms with E-state index in [1.54, 1.807) is 14.1 Å². The number of carbonyl (C=O) groups is 1. The number of nitrogens with zero attached hydrogens (tertiary/aromatic N) is 1. The summed E-state index contributed by atoms with van der Waals surface area (Å²) in [7, 11) is 7.75. The predicted molar refractivity (Wildman–Crippen MR) is 58.6 cm³/mol. The van der Waals surface area contributed by atoms with E-state index in [-0.39, 0.29) is 11.5 Å². The smallest absolute Gasteiger partial charge is 0.355 e. The van der Waals surface area contributed by atoms with Crippen molar-refractivity contribution in [1.29, 1.82) is 0 Å². The summed E-state index contributed by atoms with van der Waals surface area (Å²) in [6.07, 6.45) is -6.79. The van der Waals surface area contributed by atoms with Crippen LogP contribution < -0.4 is 0 Å². The molecule has 1 aromatic carbocycles. The van der Waals surface area contributed by atoms with Gasteiger partial charge in [-0.25, -0.2) is 0 Å². The molecular weight excluding hydrogens is 247 g/mol. The molecule has 0 aliphatic carbocycles. The molecule has 0 bridgehead atoms. The van der Waals surface area contributed by atoms with E-state index in [1.165, 1.54) is 29.2 Å². The van der Waals surface area contributed by atoms with Crippen molar-refractivity contribution in [3.63, 3.8) is 0 Å². The van der Waals surface area contributed by atoms with Gasteiger partial charge < -0.3 is 9.64 Å². The molecule has 1 atom stereocenters. The highest BCUT2D eigenvalue weighted by molar-refractivity contribution is 5.93. The van der Waals surface area contributed by atoms with Crippen LogP contribution in [0.4, 0.5) is 13.2 Å². The van der Waals surface area contributed by atoms with Gasteiger partial charge in [0.15, 0.2) is 6.10 Å². The number of hydrogen-bond acceptors (Lipinski definition) is 2. The highest BCUT2D eigenvalue weighted by Gasteiger charge is 2.41. The Labute approximate surface area is 103 Å². The van der Waals surface area contributed by atoms with Gasteiger partial charge in [-0.3, -0.25) is 4.79 Å². The van der Waals surface area contributed by atoms with Gasteiger partial charge in [0.05, 0.1) is 0 Å². The van der Waals surface area contributed by atoms with E-state index in [0.717, 1.165) is 0 Å². The summed E-state index contributed by atoms with van der Waals surface area (Å²) >= 11 is 0. The zero-order valence-electron chi connectivity index (χ0n) is 9.86. The summed E-state index contributed by atoms with van der Waals surface area (Å²) < 4.78 is 41.5. The van der Waals surface area contributed by atoms with E-state index in [4.69, 9.17) is 0 Å². The van der Waals surface area contributed by atoms with Crippen molar-refractivity contribution in [2.45, 2.75) is 12.3 Å². The predicted octanol–water partition coefficient (Wildman–Crippen LogP) is 2.68. The molecule has 18 heavy (non-hydrogen) atoms. The normalized spacial score (nSPS) is 13.2. The molecule has 0 saturated heterocycles. The Bertz CT molecular complexity index is 412. The minimum Gasteiger partial charge on any atom is -0.355 e. The Hall–Kier alpha value is -1.56. The largest absolute Gasteiger partial charge is 0.418 e. The molecule has 1 rings (SSSR count). The van der Waals surface area contributed by atoms with Crippen LogP contribution in [0, 0.1) is 7.11 Å². The summed E-state index contributed by atoms with van der Waals surface area (Å²) in [5.74, 6) is -0.293. The average Bonchev–Trinajstić information content (AvgIpc) is 2.28. The van der Waals surface area contributed by atoms with E-state index in [1.807, 2.05) is 0 Å². The van der Waals surface area contributed by atoms with E-state index >= 15 is 0 Å². The Balaban J connectivity index is 2.98. The number of hydrogen-bond donors (Lipinski definition) is 0. The van der Waals surface area contributed by atoms with Crippen molar-refractivity contribution in [1.82, 2.24) is 4.90 Å². The lowest BCUT2D eigenvalue weighted by molar-refractivity contribution is -0.209. The van der Waals surface area contributed by atoms with Crippen LogP contribution in [0.3, 0.4) is 0 Å². The van der Waals surface area contributed by atoms with Crippen molar-refractivity contribution < 1.29 is 22.7 Å². The third-order valence-corrected chi connectivity index (χ3v) is 2.30. The molecule has 0 spiro atoms. The third kappa shape index (κ3) is 3.22. The van der Waals surface area contributed by atoms with Crippen LogP contribution >= 0.6 is 0 Å². The second-order valence-electron chi connectivity index (χ2n) is 3.88. The number of alkyl halides is 3. The first kappa shape index (κ1) is 14.5. The topological polar surface area (TPSA) is 29.5 Å². The molecule has 0 saturated carbocycles. The summed E-state index contributed by atoms with van der Waals surface area (Å²) in [5.41, 5.74) is 0.141. The standard InChI is InChI=1S/C12H12F3NO2/c1-16(2)11(17)9-6-4-8(5-7-9)10(18-3)12(13,14)15/h3-7,10H,1-2H3. The Morgan fingerprint density at radius 2 is 1.78 bits per heavy atom. The van der Waals surface area contributed by atoms with Gasteiger partial charge in [-0.2, -0.15) is 13.2 Å².